The van der Waals surface area contributed by atoms with Gasteiger partial charge in [-0.05, 0) is 43.0 Å². The summed E-state index contributed by atoms with van der Waals surface area (Å²) in [5, 5.41) is 11.7. The van der Waals surface area contributed by atoms with E-state index >= 15 is 0 Å². The number of rotatable bonds is 6. The Hall–Kier alpha value is -3.43. The predicted molar refractivity (Wildman–Crippen MR) is 133 cm³/mol. The van der Waals surface area contributed by atoms with Crippen molar-refractivity contribution in [3.05, 3.63) is 81.4 Å². The second kappa shape index (κ2) is 9.21. The molecule has 33 heavy (non-hydrogen) atoms. The van der Waals surface area contributed by atoms with Crippen LogP contribution in [-0.2, 0) is 5.75 Å². The summed E-state index contributed by atoms with van der Waals surface area (Å²) in [7, 11) is 1.65. The Morgan fingerprint density at radius 1 is 1.18 bits per heavy atom. The molecular weight excluding hydrogens is 454 g/mol. The molecule has 7 nitrogen and oxygen atoms in total. The zero-order valence-electron chi connectivity index (χ0n) is 18.1. The van der Waals surface area contributed by atoms with Crippen LogP contribution in [0.25, 0.3) is 28.7 Å². The summed E-state index contributed by atoms with van der Waals surface area (Å²) in [5.41, 5.74) is 2.62. The van der Waals surface area contributed by atoms with E-state index in [-0.39, 0.29) is 5.56 Å². The maximum atomic E-state index is 12.7. The van der Waals surface area contributed by atoms with Gasteiger partial charge in [-0.15, -0.1) is 21.5 Å². The molecule has 0 saturated heterocycles. The lowest BCUT2D eigenvalue weighted by molar-refractivity contribution is 0.412. The summed E-state index contributed by atoms with van der Waals surface area (Å²) in [6.45, 7) is 2.04. The van der Waals surface area contributed by atoms with Crippen molar-refractivity contribution in [2.75, 3.05) is 7.11 Å². The highest BCUT2D eigenvalue weighted by molar-refractivity contribution is 7.98. The highest BCUT2D eigenvalue weighted by Crippen LogP contribution is 2.34. The van der Waals surface area contributed by atoms with Crippen molar-refractivity contribution in [3.8, 4) is 22.1 Å². The first-order chi connectivity index (χ1) is 16.1. The lowest BCUT2D eigenvalue weighted by Crippen LogP contribution is -2.19. The molecule has 0 amide bonds. The maximum Gasteiger partial charge on any atom is 0.258 e. The number of ether oxygens (including phenoxy) is 1. The van der Waals surface area contributed by atoms with E-state index < -0.39 is 0 Å². The largest absolute Gasteiger partial charge is 0.495 e. The molecule has 9 heteroatoms. The highest BCUT2D eigenvalue weighted by Gasteiger charge is 2.20. The smallest absolute Gasteiger partial charge is 0.258 e. The first-order valence-corrected chi connectivity index (χ1v) is 12.2. The SMILES string of the molecule is COc1ccccc1-n1c(SCc2cc(=O)n3c(n2)C=C(C)CC=C3)nnc1-c1cccs1. The molecule has 0 unspecified atom stereocenters. The minimum atomic E-state index is -0.0942. The van der Waals surface area contributed by atoms with Crippen LogP contribution in [0.4, 0.5) is 0 Å². The third kappa shape index (κ3) is 4.29. The van der Waals surface area contributed by atoms with Gasteiger partial charge in [-0.1, -0.05) is 41.6 Å². The van der Waals surface area contributed by atoms with Gasteiger partial charge >= 0.3 is 0 Å². The van der Waals surface area contributed by atoms with Gasteiger partial charge in [-0.3, -0.25) is 13.9 Å². The molecule has 1 aromatic carbocycles. The fraction of sp³-hybridized carbons (Fsp3) is 0.167. The van der Waals surface area contributed by atoms with E-state index in [9.17, 15) is 4.79 Å². The van der Waals surface area contributed by atoms with Crippen LogP contribution in [0.1, 0.15) is 24.9 Å². The van der Waals surface area contributed by atoms with E-state index in [4.69, 9.17) is 9.72 Å². The van der Waals surface area contributed by atoms with Crippen molar-refractivity contribution in [2.24, 2.45) is 0 Å². The van der Waals surface area contributed by atoms with E-state index in [0.717, 1.165) is 34.1 Å². The number of allylic oxidation sites excluding steroid dienone is 2. The van der Waals surface area contributed by atoms with Crippen LogP contribution >= 0.6 is 23.1 Å². The number of nitrogens with zero attached hydrogens (tertiary/aromatic N) is 5. The van der Waals surface area contributed by atoms with Gasteiger partial charge in [0.25, 0.3) is 5.56 Å². The highest BCUT2D eigenvalue weighted by atomic mass is 32.2. The normalized spacial score (nSPS) is 12.8. The molecule has 0 atom stereocenters. The van der Waals surface area contributed by atoms with Gasteiger partial charge in [0.15, 0.2) is 11.0 Å². The molecule has 0 fully saturated rings. The van der Waals surface area contributed by atoms with Crippen LogP contribution in [-0.4, -0.2) is 31.4 Å². The van der Waals surface area contributed by atoms with Crippen molar-refractivity contribution >= 4 is 35.4 Å². The van der Waals surface area contributed by atoms with Crippen molar-refractivity contribution in [1.29, 1.82) is 0 Å². The Morgan fingerprint density at radius 2 is 2.06 bits per heavy atom. The number of thiophene rings is 1. The Balaban J connectivity index is 1.53. The molecule has 0 spiro atoms. The van der Waals surface area contributed by atoms with Gasteiger partial charge in [0.05, 0.1) is 23.4 Å². The van der Waals surface area contributed by atoms with Gasteiger partial charge in [-0.25, -0.2) is 4.98 Å². The monoisotopic (exact) mass is 475 g/mol. The van der Waals surface area contributed by atoms with Crippen molar-refractivity contribution in [2.45, 2.75) is 24.3 Å². The first-order valence-electron chi connectivity index (χ1n) is 10.4. The Morgan fingerprint density at radius 3 is 2.88 bits per heavy atom. The molecule has 5 rings (SSSR count). The molecular formula is C24H21N5O2S2. The van der Waals surface area contributed by atoms with Gasteiger partial charge in [-0.2, -0.15) is 0 Å². The molecule has 1 aliphatic heterocycles. The maximum absolute atomic E-state index is 12.7. The summed E-state index contributed by atoms with van der Waals surface area (Å²) in [6.07, 6.45) is 6.53. The number of hydrogen-bond donors (Lipinski definition) is 0. The van der Waals surface area contributed by atoms with Crippen LogP contribution in [0.2, 0.25) is 0 Å². The third-order valence-electron chi connectivity index (χ3n) is 5.15. The molecule has 1 aliphatic rings. The minimum absolute atomic E-state index is 0.0942. The van der Waals surface area contributed by atoms with E-state index in [2.05, 4.69) is 10.2 Å². The van der Waals surface area contributed by atoms with Gasteiger partial charge in [0.2, 0.25) is 0 Å². The molecule has 4 heterocycles. The molecule has 0 aliphatic carbocycles. The zero-order chi connectivity index (χ0) is 22.8. The van der Waals surface area contributed by atoms with E-state index in [0.29, 0.717) is 22.4 Å². The van der Waals surface area contributed by atoms with E-state index in [1.54, 1.807) is 35.3 Å². The summed E-state index contributed by atoms with van der Waals surface area (Å²) >= 11 is 3.09. The van der Waals surface area contributed by atoms with E-state index in [1.807, 2.05) is 65.4 Å². The van der Waals surface area contributed by atoms with Gasteiger partial charge in [0.1, 0.15) is 11.6 Å². The van der Waals surface area contributed by atoms with Crippen molar-refractivity contribution < 1.29 is 4.74 Å². The number of aromatic nitrogens is 5. The van der Waals surface area contributed by atoms with Crippen LogP contribution in [0, 0.1) is 0 Å². The lowest BCUT2D eigenvalue weighted by atomic mass is 10.2. The van der Waals surface area contributed by atoms with Crippen LogP contribution in [0.15, 0.2) is 69.4 Å². The van der Waals surface area contributed by atoms with Crippen LogP contribution in [0.3, 0.4) is 0 Å². The molecule has 0 saturated carbocycles. The second-order valence-electron chi connectivity index (χ2n) is 7.47. The quantitative estimate of drug-likeness (QED) is 0.360. The molecule has 3 aromatic heterocycles. The first kappa shape index (κ1) is 21.4. The van der Waals surface area contributed by atoms with Crippen molar-refractivity contribution in [1.82, 2.24) is 24.3 Å². The van der Waals surface area contributed by atoms with E-state index in [1.165, 1.54) is 11.8 Å². The molecule has 0 N–H and O–H groups in total. The Bertz CT molecular complexity index is 1420. The summed E-state index contributed by atoms with van der Waals surface area (Å²) in [4.78, 5) is 18.4. The number of hydrogen-bond acceptors (Lipinski definition) is 7. The zero-order valence-corrected chi connectivity index (χ0v) is 19.8. The minimum Gasteiger partial charge on any atom is -0.495 e. The van der Waals surface area contributed by atoms with Gasteiger partial charge in [0, 0.05) is 18.0 Å². The van der Waals surface area contributed by atoms with Gasteiger partial charge < -0.3 is 4.74 Å². The molecule has 0 radical (unpaired) electrons. The lowest BCUT2D eigenvalue weighted by Gasteiger charge is -2.13. The summed E-state index contributed by atoms with van der Waals surface area (Å²) in [6, 6.07) is 13.4. The topological polar surface area (TPSA) is 74.8 Å². The number of benzene rings is 1. The molecule has 0 bridgehead atoms. The molecule has 4 aromatic rings. The molecule has 166 valence electrons. The number of thioether (sulfide) groups is 1. The fourth-order valence-electron chi connectivity index (χ4n) is 3.61. The van der Waals surface area contributed by atoms with Crippen molar-refractivity contribution in [3.63, 3.8) is 0 Å². The Kier molecular flexibility index (Phi) is 5.97. The summed E-state index contributed by atoms with van der Waals surface area (Å²) in [5.74, 6) is 2.61. The third-order valence-corrected chi connectivity index (χ3v) is 6.98. The fourth-order valence-corrected chi connectivity index (χ4v) is 5.14. The predicted octanol–water partition coefficient (Wildman–Crippen LogP) is 5.13. The summed E-state index contributed by atoms with van der Waals surface area (Å²) < 4.78 is 9.19. The average Bonchev–Trinajstić information content (AvgIpc) is 3.45. The number of fused-ring (bicyclic) bond motifs is 1. The standard InChI is InChI=1S/C24H21N5O2S2/c1-16-7-5-11-28-21(13-16)25-17(14-22(28)30)15-33-24-27-26-23(20-10-6-12-32-20)29(24)18-8-3-4-9-19(18)31-2/h3-6,8-14H,7,15H2,1-2H3. The van der Waals surface area contributed by atoms with Crippen LogP contribution in [0.5, 0.6) is 5.75 Å². The number of para-hydroxylation sites is 2. The number of methoxy groups -OCH3 is 1. The average molecular weight is 476 g/mol. The van der Waals surface area contributed by atoms with Crippen LogP contribution < -0.4 is 10.3 Å². The second-order valence-corrected chi connectivity index (χ2v) is 9.36. The Labute approximate surface area is 199 Å².